The molecule has 1 aliphatic rings. The molecule has 0 spiro atoms. The minimum absolute atomic E-state index is 0.142. The Labute approximate surface area is 110 Å². The number of carbonyl (C=O) groups is 1. The molecule has 2 N–H and O–H groups in total. The molecule has 0 bridgehead atoms. The van der Waals surface area contributed by atoms with Crippen LogP contribution < -0.4 is 5.32 Å². The summed E-state index contributed by atoms with van der Waals surface area (Å²) < 4.78 is 5.22. The number of nitrogens with one attached hydrogen (secondary N) is 1. The van der Waals surface area contributed by atoms with Gasteiger partial charge in [0.1, 0.15) is 5.60 Å². The molecule has 1 fully saturated rings. The normalized spacial score (nSPS) is 20.0. The molecule has 0 atom stereocenters. The molecule has 1 rings (SSSR count). The van der Waals surface area contributed by atoms with Gasteiger partial charge in [0.2, 0.25) is 0 Å². The van der Waals surface area contributed by atoms with Crippen molar-refractivity contribution >= 4 is 6.09 Å². The zero-order valence-electron chi connectivity index (χ0n) is 11.9. The quantitative estimate of drug-likeness (QED) is 0.764. The molecule has 18 heavy (non-hydrogen) atoms. The standard InChI is InChI=1S/C14H27NO3/c1-13(2,3)18-12(17)15-10-14(11-16)8-6-4-5-7-9-14/h16H,4-11H2,1-3H3,(H,15,17). The summed E-state index contributed by atoms with van der Waals surface area (Å²) in [5.74, 6) is 0. The molecule has 0 unspecified atom stereocenters. The Morgan fingerprint density at radius 1 is 1.22 bits per heavy atom. The lowest BCUT2D eigenvalue weighted by Crippen LogP contribution is -2.42. The van der Waals surface area contributed by atoms with E-state index in [9.17, 15) is 9.90 Å². The predicted octanol–water partition coefficient (Wildman–Crippen LogP) is 2.84. The summed E-state index contributed by atoms with van der Waals surface area (Å²) in [6.45, 7) is 6.20. The van der Waals surface area contributed by atoms with Crippen molar-refractivity contribution in [1.82, 2.24) is 5.32 Å². The Balaban J connectivity index is 2.45. The molecule has 1 aliphatic carbocycles. The van der Waals surface area contributed by atoms with Crippen molar-refractivity contribution in [3.8, 4) is 0 Å². The van der Waals surface area contributed by atoms with Gasteiger partial charge in [-0.05, 0) is 33.6 Å². The lowest BCUT2D eigenvalue weighted by Gasteiger charge is -2.31. The van der Waals surface area contributed by atoms with Gasteiger partial charge in [0.25, 0.3) is 0 Å². The number of hydrogen-bond acceptors (Lipinski definition) is 3. The molecule has 4 nitrogen and oxygen atoms in total. The average Bonchev–Trinajstić information content (AvgIpc) is 2.50. The van der Waals surface area contributed by atoms with E-state index in [1.165, 1.54) is 12.8 Å². The minimum atomic E-state index is -0.472. The van der Waals surface area contributed by atoms with E-state index in [1.807, 2.05) is 20.8 Å². The molecule has 0 radical (unpaired) electrons. The first kappa shape index (κ1) is 15.3. The van der Waals surface area contributed by atoms with Crippen molar-refractivity contribution in [3.05, 3.63) is 0 Å². The van der Waals surface area contributed by atoms with E-state index in [4.69, 9.17) is 4.74 Å². The number of carbonyl (C=O) groups excluding carboxylic acids is 1. The third-order valence-corrected chi connectivity index (χ3v) is 3.51. The molecule has 1 amide bonds. The van der Waals surface area contributed by atoms with Crippen LogP contribution in [0.5, 0.6) is 0 Å². The Hall–Kier alpha value is -0.770. The van der Waals surface area contributed by atoms with Gasteiger partial charge in [-0.1, -0.05) is 25.7 Å². The van der Waals surface area contributed by atoms with Crippen molar-refractivity contribution in [2.75, 3.05) is 13.2 Å². The minimum Gasteiger partial charge on any atom is -0.444 e. The average molecular weight is 257 g/mol. The summed E-state index contributed by atoms with van der Waals surface area (Å²) in [7, 11) is 0. The number of ether oxygens (including phenoxy) is 1. The smallest absolute Gasteiger partial charge is 0.407 e. The third-order valence-electron chi connectivity index (χ3n) is 3.51. The second-order valence-corrected chi connectivity index (χ2v) is 6.43. The van der Waals surface area contributed by atoms with Crippen LogP contribution in [-0.4, -0.2) is 30.0 Å². The molecule has 0 saturated heterocycles. The zero-order chi connectivity index (χ0) is 13.6. The van der Waals surface area contributed by atoms with Crippen LogP contribution >= 0.6 is 0 Å². The van der Waals surface area contributed by atoms with E-state index in [-0.39, 0.29) is 18.1 Å². The van der Waals surface area contributed by atoms with Crippen LogP contribution in [0.3, 0.4) is 0 Å². The molecule has 0 aliphatic heterocycles. The Morgan fingerprint density at radius 3 is 2.22 bits per heavy atom. The van der Waals surface area contributed by atoms with Gasteiger partial charge in [0.15, 0.2) is 0 Å². The van der Waals surface area contributed by atoms with E-state index in [2.05, 4.69) is 5.32 Å². The summed E-state index contributed by atoms with van der Waals surface area (Å²) in [6.07, 6.45) is 6.31. The van der Waals surface area contributed by atoms with Crippen LogP contribution in [0.4, 0.5) is 4.79 Å². The van der Waals surface area contributed by atoms with E-state index in [0.717, 1.165) is 25.7 Å². The van der Waals surface area contributed by atoms with Crippen molar-refractivity contribution in [2.24, 2.45) is 5.41 Å². The Morgan fingerprint density at radius 2 is 1.78 bits per heavy atom. The van der Waals surface area contributed by atoms with Crippen LogP contribution in [0.25, 0.3) is 0 Å². The van der Waals surface area contributed by atoms with Gasteiger partial charge < -0.3 is 15.2 Å². The summed E-state index contributed by atoms with van der Waals surface area (Å²) in [4.78, 5) is 11.6. The number of rotatable bonds is 3. The fraction of sp³-hybridized carbons (Fsp3) is 0.929. The monoisotopic (exact) mass is 257 g/mol. The molecule has 0 aromatic heterocycles. The molecule has 1 saturated carbocycles. The lowest BCUT2D eigenvalue weighted by molar-refractivity contribution is 0.0448. The zero-order valence-corrected chi connectivity index (χ0v) is 11.9. The largest absolute Gasteiger partial charge is 0.444 e. The summed E-state index contributed by atoms with van der Waals surface area (Å²) in [6, 6.07) is 0. The Bertz CT molecular complexity index is 263. The maximum atomic E-state index is 11.6. The van der Waals surface area contributed by atoms with Crippen molar-refractivity contribution < 1.29 is 14.6 Å². The highest BCUT2D eigenvalue weighted by molar-refractivity contribution is 5.67. The SMILES string of the molecule is CC(C)(C)OC(=O)NCC1(CO)CCCCCC1. The van der Waals surface area contributed by atoms with Gasteiger partial charge in [0, 0.05) is 12.0 Å². The van der Waals surface area contributed by atoms with Crippen molar-refractivity contribution in [2.45, 2.75) is 64.9 Å². The maximum absolute atomic E-state index is 11.6. The van der Waals surface area contributed by atoms with E-state index < -0.39 is 5.60 Å². The summed E-state index contributed by atoms with van der Waals surface area (Å²) in [5, 5.41) is 12.4. The first-order valence-corrected chi connectivity index (χ1v) is 6.95. The molecule has 0 heterocycles. The summed E-state index contributed by atoms with van der Waals surface area (Å²) in [5.41, 5.74) is -0.618. The predicted molar refractivity (Wildman–Crippen MR) is 71.5 cm³/mol. The van der Waals surface area contributed by atoms with E-state index >= 15 is 0 Å². The van der Waals surface area contributed by atoms with Gasteiger partial charge in [0.05, 0.1) is 6.61 Å². The molecule has 106 valence electrons. The second-order valence-electron chi connectivity index (χ2n) is 6.43. The second kappa shape index (κ2) is 6.41. The van der Waals surface area contributed by atoms with Gasteiger partial charge in [-0.3, -0.25) is 0 Å². The highest BCUT2D eigenvalue weighted by atomic mass is 16.6. The van der Waals surface area contributed by atoms with Crippen LogP contribution in [0, 0.1) is 5.41 Å². The highest BCUT2D eigenvalue weighted by Gasteiger charge is 2.31. The van der Waals surface area contributed by atoms with Gasteiger partial charge >= 0.3 is 6.09 Å². The van der Waals surface area contributed by atoms with Crippen LogP contribution in [-0.2, 0) is 4.74 Å². The van der Waals surface area contributed by atoms with Crippen LogP contribution in [0.15, 0.2) is 0 Å². The lowest BCUT2D eigenvalue weighted by atomic mass is 9.81. The van der Waals surface area contributed by atoms with E-state index in [0.29, 0.717) is 6.54 Å². The topological polar surface area (TPSA) is 58.6 Å². The fourth-order valence-corrected chi connectivity index (χ4v) is 2.44. The van der Waals surface area contributed by atoms with Crippen molar-refractivity contribution in [1.29, 1.82) is 0 Å². The van der Waals surface area contributed by atoms with Gasteiger partial charge in [-0.25, -0.2) is 4.79 Å². The number of aliphatic hydroxyl groups is 1. The van der Waals surface area contributed by atoms with E-state index in [1.54, 1.807) is 0 Å². The first-order chi connectivity index (χ1) is 8.37. The fourth-order valence-electron chi connectivity index (χ4n) is 2.44. The van der Waals surface area contributed by atoms with Crippen LogP contribution in [0.2, 0.25) is 0 Å². The van der Waals surface area contributed by atoms with Gasteiger partial charge in [-0.2, -0.15) is 0 Å². The third kappa shape index (κ3) is 5.25. The molecule has 0 aromatic rings. The van der Waals surface area contributed by atoms with Gasteiger partial charge in [-0.15, -0.1) is 0 Å². The van der Waals surface area contributed by atoms with Crippen molar-refractivity contribution in [3.63, 3.8) is 0 Å². The highest BCUT2D eigenvalue weighted by Crippen LogP contribution is 2.34. The molecular formula is C14H27NO3. The number of amides is 1. The molecular weight excluding hydrogens is 230 g/mol. The first-order valence-electron chi connectivity index (χ1n) is 6.95. The number of hydrogen-bond donors (Lipinski definition) is 2. The van der Waals surface area contributed by atoms with Crippen LogP contribution in [0.1, 0.15) is 59.3 Å². The maximum Gasteiger partial charge on any atom is 0.407 e. The number of aliphatic hydroxyl groups excluding tert-OH is 1. The molecule has 4 heteroatoms. The number of alkyl carbamates (subject to hydrolysis) is 1. The molecule has 0 aromatic carbocycles. The summed E-state index contributed by atoms with van der Waals surface area (Å²) >= 11 is 0. The Kier molecular flexibility index (Phi) is 5.45.